The Bertz CT molecular complexity index is 584. The molecule has 3 rings (SSSR count). The number of morpholine rings is 1. The molecule has 8 heteroatoms. The van der Waals surface area contributed by atoms with Crippen molar-refractivity contribution in [1.29, 1.82) is 0 Å². The summed E-state index contributed by atoms with van der Waals surface area (Å²) in [6.07, 6.45) is 0. The van der Waals surface area contributed by atoms with Gasteiger partial charge in [0.05, 0.1) is 33.2 Å². The number of benzene rings is 1. The van der Waals surface area contributed by atoms with Crippen LogP contribution in [-0.2, 0) is 9.53 Å². The van der Waals surface area contributed by atoms with Crippen molar-refractivity contribution in [2.24, 2.45) is 0 Å². The summed E-state index contributed by atoms with van der Waals surface area (Å²) in [7, 11) is 3.25. The van der Waals surface area contributed by atoms with E-state index in [0.29, 0.717) is 17.3 Å². The second kappa shape index (κ2) is 9.52. The normalized spacial score (nSPS) is 21.1. The van der Waals surface area contributed by atoms with Crippen molar-refractivity contribution in [2.75, 3.05) is 59.4 Å². The summed E-state index contributed by atoms with van der Waals surface area (Å²) in [6.45, 7) is 5.07. The van der Waals surface area contributed by atoms with E-state index in [0.717, 1.165) is 45.0 Å². The van der Waals surface area contributed by atoms with Crippen LogP contribution in [0.5, 0.6) is 11.5 Å². The number of rotatable bonds is 6. The van der Waals surface area contributed by atoms with Crippen LogP contribution in [0.1, 0.15) is 10.9 Å². The van der Waals surface area contributed by atoms with Crippen LogP contribution in [0, 0.1) is 0 Å². The Kier molecular flexibility index (Phi) is 7.68. The molecule has 2 aliphatic rings. The van der Waals surface area contributed by atoms with Crippen molar-refractivity contribution in [1.82, 2.24) is 9.80 Å². The molecule has 2 heterocycles. The summed E-state index contributed by atoms with van der Waals surface area (Å²) in [6, 6.07) is 5.88. The summed E-state index contributed by atoms with van der Waals surface area (Å²) in [4.78, 5) is 16.6. The van der Waals surface area contributed by atoms with Crippen molar-refractivity contribution in [3.8, 4) is 11.5 Å². The number of amides is 1. The highest BCUT2D eigenvalue weighted by Gasteiger charge is 2.33. The molecule has 0 radical (unpaired) electrons. The molecule has 25 heavy (non-hydrogen) atoms. The SMILES string of the molecule is COc1ccc(C2SCC(=O)N2CCN2CCOCC2)cc1OC.Cl. The molecule has 6 nitrogen and oxygen atoms in total. The zero-order valence-electron chi connectivity index (χ0n) is 14.6. The number of hydrogen-bond acceptors (Lipinski definition) is 6. The third-order valence-electron chi connectivity index (χ3n) is 4.42. The van der Waals surface area contributed by atoms with Gasteiger partial charge in [0.15, 0.2) is 11.5 Å². The molecule has 1 amide bonds. The number of methoxy groups -OCH3 is 2. The van der Waals surface area contributed by atoms with Gasteiger partial charge in [0.2, 0.25) is 5.91 Å². The lowest BCUT2D eigenvalue weighted by atomic mass is 10.1. The molecule has 0 bridgehead atoms. The van der Waals surface area contributed by atoms with E-state index >= 15 is 0 Å². The molecule has 1 aromatic rings. The summed E-state index contributed by atoms with van der Waals surface area (Å²) in [5.41, 5.74) is 1.07. The van der Waals surface area contributed by atoms with Crippen LogP contribution < -0.4 is 9.47 Å². The fourth-order valence-corrected chi connectivity index (χ4v) is 4.26. The standard InChI is InChI=1S/C17H24N2O4S.ClH/c1-21-14-4-3-13(11-15(14)22-2)17-19(16(20)12-24-17)6-5-18-7-9-23-10-8-18;/h3-4,11,17H,5-10,12H2,1-2H3;1H. The van der Waals surface area contributed by atoms with Gasteiger partial charge in [-0.1, -0.05) is 6.07 Å². The molecule has 0 N–H and O–H groups in total. The van der Waals surface area contributed by atoms with Gasteiger partial charge in [-0.2, -0.15) is 0 Å². The van der Waals surface area contributed by atoms with Gasteiger partial charge in [-0.3, -0.25) is 9.69 Å². The topological polar surface area (TPSA) is 51.2 Å². The molecular weight excluding hydrogens is 364 g/mol. The van der Waals surface area contributed by atoms with Crippen molar-refractivity contribution in [3.05, 3.63) is 23.8 Å². The Morgan fingerprint density at radius 2 is 1.88 bits per heavy atom. The van der Waals surface area contributed by atoms with E-state index < -0.39 is 0 Å². The van der Waals surface area contributed by atoms with E-state index in [1.165, 1.54) is 0 Å². The van der Waals surface area contributed by atoms with Crippen LogP contribution in [0.15, 0.2) is 18.2 Å². The number of thioether (sulfide) groups is 1. The molecule has 140 valence electrons. The summed E-state index contributed by atoms with van der Waals surface area (Å²) in [5, 5.41) is 0.0401. The third-order valence-corrected chi connectivity index (χ3v) is 5.68. The van der Waals surface area contributed by atoms with E-state index in [4.69, 9.17) is 14.2 Å². The van der Waals surface area contributed by atoms with Crippen molar-refractivity contribution in [2.45, 2.75) is 5.37 Å². The van der Waals surface area contributed by atoms with E-state index in [2.05, 4.69) is 4.90 Å². The molecule has 1 atom stereocenters. The Hall–Kier alpha value is -1.15. The Morgan fingerprint density at radius 3 is 2.56 bits per heavy atom. The third kappa shape index (κ3) is 4.73. The van der Waals surface area contributed by atoms with Crippen LogP contribution >= 0.6 is 24.2 Å². The first kappa shape index (κ1) is 20.2. The molecule has 0 aromatic heterocycles. The average Bonchev–Trinajstić information content (AvgIpc) is 3.00. The number of hydrogen-bond donors (Lipinski definition) is 0. The minimum atomic E-state index is 0. The lowest BCUT2D eigenvalue weighted by Crippen LogP contribution is -2.42. The number of ether oxygens (including phenoxy) is 3. The smallest absolute Gasteiger partial charge is 0.233 e. The summed E-state index contributed by atoms with van der Waals surface area (Å²) in [5.74, 6) is 2.13. The van der Waals surface area contributed by atoms with E-state index in [1.54, 1.807) is 26.0 Å². The maximum atomic E-state index is 12.3. The molecule has 2 saturated heterocycles. The molecule has 0 saturated carbocycles. The first-order chi connectivity index (χ1) is 11.7. The minimum Gasteiger partial charge on any atom is -0.493 e. The zero-order valence-corrected chi connectivity index (χ0v) is 16.2. The summed E-state index contributed by atoms with van der Waals surface area (Å²) >= 11 is 1.67. The molecule has 0 spiro atoms. The molecule has 2 fully saturated rings. The van der Waals surface area contributed by atoms with Gasteiger partial charge in [-0.15, -0.1) is 24.2 Å². The van der Waals surface area contributed by atoms with Crippen LogP contribution in [-0.4, -0.2) is 75.1 Å². The van der Waals surface area contributed by atoms with Crippen LogP contribution in [0.4, 0.5) is 0 Å². The highest BCUT2D eigenvalue weighted by atomic mass is 35.5. The summed E-state index contributed by atoms with van der Waals surface area (Å²) < 4.78 is 16.1. The van der Waals surface area contributed by atoms with Crippen molar-refractivity contribution in [3.63, 3.8) is 0 Å². The maximum absolute atomic E-state index is 12.3. The van der Waals surface area contributed by atoms with Crippen LogP contribution in [0.2, 0.25) is 0 Å². The number of carbonyl (C=O) groups is 1. The molecule has 0 aliphatic carbocycles. The lowest BCUT2D eigenvalue weighted by molar-refractivity contribution is -0.128. The average molecular weight is 389 g/mol. The highest BCUT2D eigenvalue weighted by Crippen LogP contribution is 2.41. The van der Waals surface area contributed by atoms with Gasteiger partial charge in [0, 0.05) is 26.2 Å². The predicted molar refractivity (Wildman–Crippen MR) is 101 cm³/mol. The van der Waals surface area contributed by atoms with Crippen LogP contribution in [0.25, 0.3) is 0 Å². The molecule has 2 aliphatic heterocycles. The van der Waals surface area contributed by atoms with Crippen LogP contribution in [0.3, 0.4) is 0 Å². The van der Waals surface area contributed by atoms with E-state index in [9.17, 15) is 4.79 Å². The second-order valence-corrected chi connectivity index (χ2v) is 6.89. The first-order valence-electron chi connectivity index (χ1n) is 8.16. The number of nitrogens with zero attached hydrogens (tertiary/aromatic N) is 2. The maximum Gasteiger partial charge on any atom is 0.233 e. The Labute approximate surface area is 159 Å². The monoisotopic (exact) mass is 388 g/mol. The van der Waals surface area contributed by atoms with Gasteiger partial charge in [-0.05, 0) is 17.7 Å². The molecular formula is C17H25ClN2O4S. The number of halogens is 1. The lowest BCUT2D eigenvalue weighted by Gasteiger charge is -2.30. The molecule has 1 aromatic carbocycles. The predicted octanol–water partition coefficient (Wildman–Crippen LogP) is 2.03. The fraction of sp³-hybridized carbons (Fsp3) is 0.588. The van der Waals surface area contributed by atoms with E-state index in [-0.39, 0.29) is 23.7 Å². The highest BCUT2D eigenvalue weighted by molar-refractivity contribution is 8.00. The van der Waals surface area contributed by atoms with Crippen molar-refractivity contribution >= 4 is 30.1 Å². The minimum absolute atomic E-state index is 0. The van der Waals surface area contributed by atoms with Crippen molar-refractivity contribution < 1.29 is 19.0 Å². The molecule has 1 unspecified atom stereocenters. The largest absolute Gasteiger partial charge is 0.493 e. The number of carbonyl (C=O) groups excluding carboxylic acids is 1. The first-order valence-corrected chi connectivity index (χ1v) is 9.21. The fourth-order valence-electron chi connectivity index (χ4n) is 3.05. The van der Waals surface area contributed by atoms with Gasteiger partial charge < -0.3 is 19.1 Å². The zero-order chi connectivity index (χ0) is 16.9. The second-order valence-electron chi connectivity index (χ2n) is 5.82. The quantitative estimate of drug-likeness (QED) is 0.743. The Morgan fingerprint density at radius 1 is 1.16 bits per heavy atom. The van der Waals surface area contributed by atoms with Gasteiger partial charge in [0.1, 0.15) is 5.37 Å². The van der Waals surface area contributed by atoms with Gasteiger partial charge >= 0.3 is 0 Å². The van der Waals surface area contributed by atoms with Gasteiger partial charge in [-0.25, -0.2) is 0 Å². The Balaban J connectivity index is 0.00000225. The van der Waals surface area contributed by atoms with E-state index in [1.807, 2.05) is 23.1 Å². The van der Waals surface area contributed by atoms with Gasteiger partial charge in [0.25, 0.3) is 0 Å².